The molecule has 170 valence electrons. The number of amidine groups is 1. The third-order valence-electron chi connectivity index (χ3n) is 7.84. The number of hydrogen-bond donors (Lipinski definition) is 4. The minimum atomic E-state index is 0.228. The number of nitrogens with zero attached hydrogens (tertiary/aromatic N) is 2. The minimum Gasteiger partial charge on any atom is -0.383 e. The number of aliphatic imine (C=N–C) groups is 1. The van der Waals surface area contributed by atoms with Gasteiger partial charge >= 0.3 is 0 Å². The molecule has 0 aliphatic heterocycles. The van der Waals surface area contributed by atoms with Gasteiger partial charge in [-0.2, -0.15) is 5.26 Å². The van der Waals surface area contributed by atoms with E-state index in [1.165, 1.54) is 30.4 Å². The number of nitriles is 1. The zero-order valence-corrected chi connectivity index (χ0v) is 19.1. The number of aryl methyl sites for hydroxylation is 1. The molecule has 1 aromatic rings. The number of nitrogens with two attached hydrogens (primary N) is 2. The average molecular weight is 433 g/mol. The smallest absolute Gasteiger partial charge is 0.137 e. The van der Waals surface area contributed by atoms with Crippen molar-refractivity contribution in [1.82, 2.24) is 10.6 Å². The van der Waals surface area contributed by atoms with E-state index in [2.05, 4.69) is 53.4 Å². The Labute approximate surface area is 191 Å². The number of rotatable bonds is 9. The van der Waals surface area contributed by atoms with Gasteiger partial charge in [0.1, 0.15) is 17.5 Å². The molecule has 5 rings (SSSR count). The lowest BCUT2D eigenvalue weighted by atomic mass is 9.48. The van der Waals surface area contributed by atoms with E-state index in [0.29, 0.717) is 41.7 Å². The molecule has 0 radical (unpaired) electrons. The summed E-state index contributed by atoms with van der Waals surface area (Å²) < 4.78 is 0. The van der Waals surface area contributed by atoms with Crippen molar-refractivity contribution in [1.29, 1.82) is 5.26 Å². The third kappa shape index (κ3) is 4.83. The van der Waals surface area contributed by atoms with Crippen LogP contribution in [0.25, 0.3) is 0 Å². The van der Waals surface area contributed by atoms with Crippen LogP contribution in [0.15, 0.2) is 53.4 Å². The second-order valence-corrected chi connectivity index (χ2v) is 10.1. The molecule has 0 spiro atoms. The predicted molar refractivity (Wildman–Crippen MR) is 129 cm³/mol. The maximum atomic E-state index is 9.57. The lowest BCUT2D eigenvalue weighted by Crippen LogP contribution is -2.57. The average Bonchev–Trinajstić information content (AvgIpc) is 2.77. The second-order valence-electron chi connectivity index (χ2n) is 10.1. The summed E-state index contributed by atoms with van der Waals surface area (Å²) in [5, 5.41) is 15.9. The SMILES string of the molecule is C=C(NC=C(C#N)C(N)=NCC12CC3C[C@H](C1)C(N)[C@@H](C3)C2)NCCc1ccccc1C. The number of nitrogens with one attached hydrogen (secondary N) is 2. The highest BCUT2D eigenvalue weighted by Gasteiger charge is 2.54. The van der Waals surface area contributed by atoms with Crippen molar-refractivity contribution >= 4 is 5.84 Å². The molecule has 0 saturated heterocycles. The molecular formula is C26H36N6. The highest BCUT2D eigenvalue weighted by atomic mass is 15.1. The molecule has 3 unspecified atom stereocenters. The van der Waals surface area contributed by atoms with Crippen LogP contribution in [-0.2, 0) is 6.42 Å². The first-order chi connectivity index (χ1) is 15.4. The van der Waals surface area contributed by atoms with Crippen LogP contribution < -0.4 is 22.1 Å². The first-order valence-electron chi connectivity index (χ1n) is 11.8. The molecule has 4 bridgehead atoms. The number of benzene rings is 1. The zero-order chi connectivity index (χ0) is 22.7. The van der Waals surface area contributed by atoms with Crippen LogP contribution in [-0.4, -0.2) is 25.0 Å². The molecule has 5 atom stereocenters. The van der Waals surface area contributed by atoms with Crippen molar-refractivity contribution in [3.05, 3.63) is 59.6 Å². The summed E-state index contributed by atoms with van der Waals surface area (Å²) in [4.78, 5) is 4.67. The molecule has 4 saturated carbocycles. The fourth-order valence-corrected chi connectivity index (χ4v) is 6.38. The number of hydrogen-bond acceptors (Lipinski definition) is 5. The van der Waals surface area contributed by atoms with Gasteiger partial charge in [0, 0.05) is 25.3 Å². The predicted octanol–water partition coefficient (Wildman–Crippen LogP) is 3.11. The maximum Gasteiger partial charge on any atom is 0.137 e. The Balaban J connectivity index is 1.29. The van der Waals surface area contributed by atoms with E-state index in [4.69, 9.17) is 11.5 Å². The molecule has 6 heteroatoms. The van der Waals surface area contributed by atoms with E-state index in [1.807, 2.05) is 6.07 Å². The highest BCUT2D eigenvalue weighted by Crippen LogP contribution is 2.59. The summed E-state index contributed by atoms with van der Waals surface area (Å²) in [6.45, 7) is 7.55. The van der Waals surface area contributed by atoms with Gasteiger partial charge in [0.05, 0.1) is 5.82 Å². The Morgan fingerprint density at radius 2 is 2.00 bits per heavy atom. The quantitative estimate of drug-likeness (QED) is 0.272. The van der Waals surface area contributed by atoms with Crippen LogP contribution in [0, 0.1) is 41.4 Å². The van der Waals surface area contributed by atoms with E-state index < -0.39 is 0 Å². The Bertz CT molecular complexity index is 939. The molecule has 0 amide bonds. The lowest BCUT2D eigenvalue weighted by Gasteiger charge is -2.59. The molecule has 4 fully saturated rings. The largest absolute Gasteiger partial charge is 0.383 e. The highest BCUT2D eigenvalue weighted by molar-refractivity contribution is 6.00. The van der Waals surface area contributed by atoms with Crippen LogP contribution in [0.1, 0.15) is 43.2 Å². The van der Waals surface area contributed by atoms with Gasteiger partial charge in [-0.15, -0.1) is 0 Å². The van der Waals surface area contributed by atoms with Crippen molar-refractivity contribution in [2.24, 2.45) is 39.6 Å². The zero-order valence-electron chi connectivity index (χ0n) is 19.1. The first kappa shape index (κ1) is 22.4. The Morgan fingerprint density at radius 3 is 2.69 bits per heavy atom. The molecule has 0 heterocycles. The first-order valence-corrected chi connectivity index (χ1v) is 11.8. The van der Waals surface area contributed by atoms with Gasteiger partial charge < -0.3 is 22.1 Å². The van der Waals surface area contributed by atoms with Gasteiger partial charge in [-0.3, -0.25) is 4.99 Å². The Hall–Kier alpha value is -2.78. The molecule has 32 heavy (non-hydrogen) atoms. The molecular weight excluding hydrogens is 396 g/mol. The Morgan fingerprint density at radius 1 is 1.28 bits per heavy atom. The summed E-state index contributed by atoms with van der Waals surface area (Å²) in [6.07, 6.45) is 8.61. The van der Waals surface area contributed by atoms with Gasteiger partial charge in [0.15, 0.2) is 0 Å². The summed E-state index contributed by atoms with van der Waals surface area (Å²) in [6, 6.07) is 10.9. The van der Waals surface area contributed by atoms with Crippen LogP contribution >= 0.6 is 0 Å². The van der Waals surface area contributed by atoms with E-state index >= 15 is 0 Å². The second kappa shape index (κ2) is 9.38. The summed E-state index contributed by atoms with van der Waals surface area (Å²) >= 11 is 0. The molecule has 4 aliphatic rings. The van der Waals surface area contributed by atoms with Gasteiger partial charge in [0.2, 0.25) is 0 Å². The van der Waals surface area contributed by atoms with Crippen molar-refractivity contribution in [3.63, 3.8) is 0 Å². The lowest BCUT2D eigenvalue weighted by molar-refractivity contribution is -0.0610. The standard InChI is InChI=1S/C26H36N6/c1-17-5-3-4-6-20(17)7-8-30-18(2)31-15-23(14-27)25(29)32-16-26-11-19-9-21(12-26)24(28)22(10-19)13-26/h3-6,15,19,21-22,24,30-31H,2,7-13,16,28H2,1H3,(H2,29,32)/t19?,21-,22+,24?,26?. The summed E-state index contributed by atoms with van der Waals surface area (Å²) in [7, 11) is 0. The van der Waals surface area contributed by atoms with Gasteiger partial charge in [0.25, 0.3) is 0 Å². The molecule has 1 aromatic carbocycles. The summed E-state index contributed by atoms with van der Waals surface area (Å²) in [5.74, 6) is 3.01. The monoisotopic (exact) mass is 432 g/mol. The van der Waals surface area contributed by atoms with E-state index in [9.17, 15) is 5.26 Å². The fraction of sp³-hybridized carbons (Fsp3) is 0.538. The van der Waals surface area contributed by atoms with E-state index in [-0.39, 0.29) is 5.41 Å². The van der Waals surface area contributed by atoms with Crippen LogP contribution in [0.3, 0.4) is 0 Å². The van der Waals surface area contributed by atoms with Crippen molar-refractivity contribution in [3.8, 4) is 6.07 Å². The maximum absolute atomic E-state index is 9.57. The van der Waals surface area contributed by atoms with E-state index in [1.54, 1.807) is 6.20 Å². The van der Waals surface area contributed by atoms with E-state index in [0.717, 1.165) is 31.7 Å². The van der Waals surface area contributed by atoms with Crippen LogP contribution in [0.2, 0.25) is 0 Å². The third-order valence-corrected chi connectivity index (χ3v) is 7.84. The Kier molecular flexibility index (Phi) is 6.57. The molecule has 4 aliphatic carbocycles. The summed E-state index contributed by atoms with van der Waals surface area (Å²) in [5.41, 5.74) is 15.8. The van der Waals surface area contributed by atoms with Crippen LogP contribution in [0.5, 0.6) is 0 Å². The van der Waals surface area contributed by atoms with Crippen LogP contribution in [0.4, 0.5) is 0 Å². The fourth-order valence-electron chi connectivity index (χ4n) is 6.38. The van der Waals surface area contributed by atoms with Crippen molar-refractivity contribution in [2.45, 2.75) is 51.5 Å². The van der Waals surface area contributed by atoms with Gasteiger partial charge in [-0.25, -0.2) is 0 Å². The van der Waals surface area contributed by atoms with Crippen molar-refractivity contribution < 1.29 is 0 Å². The minimum absolute atomic E-state index is 0.228. The van der Waals surface area contributed by atoms with Gasteiger partial charge in [-0.1, -0.05) is 30.8 Å². The van der Waals surface area contributed by atoms with Gasteiger partial charge in [-0.05, 0) is 79.7 Å². The topological polar surface area (TPSA) is 112 Å². The normalized spacial score (nSPS) is 31.3. The molecule has 6 N–H and O–H groups in total. The molecule has 0 aromatic heterocycles. The van der Waals surface area contributed by atoms with Crippen molar-refractivity contribution in [2.75, 3.05) is 13.1 Å². The molecule has 6 nitrogen and oxygen atoms in total.